The number of hydrogen-bond acceptors (Lipinski definition) is 2. The quantitative estimate of drug-likeness (QED) is 0.829. The van der Waals surface area contributed by atoms with Crippen molar-refractivity contribution in [1.29, 1.82) is 0 Å². The summed E-state index contributed by atoms with van der Waals surface area (Å²) in [5.41, 5.74) is 3.67. The number of amides is 2. The van der Waals surface area contributed by atoms with Gasteiger partial charge in [-0.05, 0) is 52.0 Å². The van der Waals surface area contributed by atoms with Gasteiger partial charge in [-0.15, -0.1) is 0 Å². The zero-order valence-corrected chi connectivity index (χ0v) is 15.9. The van der Waals surface area contributed by atoms with Crippen LogP contribution in [0.5, 0.6) is 0 Å². The van der Waals surface area contributed by atoms with Crippen molar-refractivity contribution in [2.24, 2.45) is 0 Å². The molecule has 2 aromatic carbocycles. The van der Waals surface area contributed by atoms with E-state index in [2.05, 4.69) is 0 Å². The summed E-state index contributed by atoms with van der Waals surface area (Å²) in [4.78, 5) is 29.5. The molecule has 0 bridgehead atoms. The van der Waals surface area contributed by atoms with Crippen molar-refractivity contribution in [1.82, 2.24) is 9.80 Å². The van der Waals surface area contributed by atoms with Gasteiger partial charge in [-0.2, -0.15) is 0 Å². The third-order valence-electron chi connectivity index (χ3n) is 5.10. The van der Waals surface area contributed by atoms with Crippen LogP contribution in [0.1, 0.15) is 45.7 Å². The Hall–Kier alpha value is -2.62. The van der Waals surface area contributed by atoms with Crippen LogP contribution in [-0.2, 0) is 0 Å². The van der Waals surface area contributed by atoms with Crippen molar-refractivity contribution < 1.29 is 9.59 Å². The van der Waals surface area contributed by atoms with Gasteiger partial charge in [0.05, 0.1) is 0 Å². The van der Waals surface area contributed by atoms with Gasteiger partial charge in [-0.3, -0.25) is 9.59 Å². The van der Waals surface area contributed by atoms with Crippen LogP contribution in [0.2, 0.25) is 0 Å². The van der Waals surface area contributed by atoms with Crippen LogP contribution in [0.4, 0.5) is 0 Å². The molecule has 1 saturated heterocycles. The van der Waals surface area contributed by atoms with E-state index in [1.165, 1.54) is 0 Å². The fourth-order valence-corrected chi connectivity index (χ4v) is 3.42. The van der Waals surface area contributed by atoms with Crippen molar-refractivity contribution in [2.45, 2.75) is 39.8 Å². The van der Waals surface area contributed by atoms with Crippen molar-refractivity contribution in [2.75, 3.05) is 13.1 Å². The fraction of sp³-hybridized carbons (Fsp3) is 0.364. The van der Waals surface area contributed by atoms with Crippen LogP contribution in [0.15, 0.2) is 48.5 Å². The Morgan fingerprint density at radius 2 is 1.00 bits per heavy atom. The monoisotopic (exact) mass is 350 g/mol. The minimum absolute atomic E-state index is 0.0191. The van der Waals surface area contributed by atoms with Crippen LogP contribution in [0, 0.1) is 13.8 Å². The maximum Gasteiger partial charge on any atom is 0.254 e. The molecule has 1 aliphatic heterocycles. The molecule has 0 N–H and O–H groups in total. The summed E-state index contributed by atoms with van der Waals surface area (Å²) in [6.07, 6.45) is 0. The van der Waals surface area contributed by atoms with Crippen LogP contribution in [0.3, 0.4) is 0 Å². The first-order valence-corrected chi connectivity index (χ1v) is 9.12. The molecule has 1 fully saturated rings. The average Bonchev–Trinajstić information content (AvgIpc) is 2.63. The van der Waals surface area contributed by atoms with Gasteiger partial charge in [0.15, 0.2) is 0 Å². The normalized spacial score (nSPS) is 20.2. The molecule has 26 heavy (non-hydrogen) atoms. The van der Waals surface area contributed by atoms with Gasteiger partial charge in [0.1, 0.15) is 0 Å². The zero-order chi connectivity index (χ0) is 18.8. The third kappa shape index (κ3) is 3.64. The Morgan fingerprint density at radius 3 is 1.31 bits per heavy atom. The average molecular weight is 350 g/mol. The largest absolute Gasteiger partial charge is 0.332 e. The van der Waals surface area contributed by atoms with Crippen LogP contribution >= 0.6 is 0 Å². The van der Waals surface area contributed by atoms with Gasteiger partial charge in [0.25, 0.3) is 11.8 Å². The second kappa shape index (κ2) is 7.32. The molecule has 136 valence electrons. The van der Waals surface area contributed by atoms with Crippen LogP contribution < -0.4 is 0 Å². The standard InChI is InChI=1S/C22H26N2O2/c1-15-5-9-19(10-6-15)21(25)23-13-18(4)24(14-17(23)3)22(26)20-11-7-16(2)8-12-20/h5-12,17-18H,13-14H2,1-4H3. The summed E-state index contributed by atoms with van der Waals surface area (Å²) in [5, 5.41) is 0. The molecule has 4 heteroatoms. The highest BCUT2D eigenvalue weighted by atomic mass is 16.2. The first kappa shape index (κ1) is 18.2. The molecule has 0 aromatic heterocycles. The number of rotatable bonds is 2. The molecule has 3 rings (SSSR count). The van der Waals surface area contributed by atoms with E-state index < -0.39 is 0 Å². The number of carbonyl (C=O) groups excluding carboxylic acids is 2. The minimum Gasteiger partial charge on any atom is -0.332 e. The highest BCUT2D eigenvalue weighted by Gasteiger charge is 2.35. The molecular weight excluding hydrogens is 324 g/mol. The lowest BCUT2D eigenvalue weighted by Crippen LogP contribution is -2.59. The molecule has 0 spiro atoms. The predicted octanol–water partition coefficient (Wildman–Crippen LogP) is 3.68. The lowest BCUT2D eigenvalue weighted by Gasteiger charge is -2.44. The van der Waals surface area contributed by atoms with Gasteiger partial charge in [-0.1, -0.05) is 35.4 Å². The molecule has 2 unspecified atom stereocenters. The third-order valence-corrected chi connectivity index (χ3v) is 5.10. The molecule has 0 radical (unpaired) electrons. The molecule has 0 saturated carbocycles. The molecule has 2 atom stereocenters. The van der Waals surface area contributed by atoms with E-state index in [0.29, 0.717) is 24.2 Å². The smallest absolute Gasteiger partial charge is 0.254 e. The van der Waals surface area contributed by atoms with Crippen molar-refractivity contribution in [3.05, 3.63) is 70.8 Å². The second-order valence-corrected chi connectivity index (χ2v) is 7.35. The summed E-state index contributed by atoms with van der Waals surface area (Å²) < 4.78 is 0. The molecule has 2 aromatic rings. The summed E-state index contributed by atoms with van der Waals surface area (Å²) in [6, 6.07) is 15.3. The van der Waals surface area contributed by atoms with Gasteiger partial charge < -0.3 is 9.80 Å². The predicted molar refractivity (Wildman–Crippen MR) is 103 cm³/mol. The van der Waals surface area contributed by atoms with Crippen LogP contribution in [-0.4, -0.2) is 46.8 Å². The zero-order valence-electron chi connectivity index (χ0n) is 15.9. The molecule has 2 amide bonds. The van der Waals surface area contributed by atoms with E-state index in [0.717, 1.165) is 11.1 Å². The van der Waals surface area contributed by atoms with Crippen molar-refractivity contribution >= 4 is 11.8 Å². The summed E-state index contributed by atoms with van der Waals surface area (Å²) in [7, 11) is 0. The van der Waals surface area contributed by atoms with Gasteiger partial charge >= 0.3 is 0 Å². The lowest BCUT2D eigenvalue weighted by molar-refractivity contribution is 0.0270. The van der Waals surface area contributed by atoms with E-state index in [4.69, 9.17) is 0 Å². The lowest BCUT2D eigenvalue weighted by atomic mass is 10.0. The summed E-state index contributed by atoms with van der Waals surface area (Å²) in [5.74, 6) is 0.0681. The molecule has 0 aliphatic carbocycles. The van der Waals surface area contributed by atoms with Gasteiger partial charge in [0.2, 0.25) is 0 Å². The van der Waals surface area contributed by atoms with E-state index >= 15 is 0 Å². The van der Waals surface area contributed by atoms with E-state index in [-0.39, 0.29) is 23.9 Å². The minimum atomic E-state index is -0.0191. The first-order chi connectivity index (χ1) is 12.4. The molecule has 4 nitrogen and oxygen atoms in total. The topological polar surface area (TPSA) is 40.6 Å². The van der Waals surface area contributed by atoms with Gasteiger partial charge in [0, 0.05) is 36.3 Å². The number of nitrogens with zero attached hydrogens (tertiary/aromatic N) is 2. The maximum absolute atomic E-state index is 12.9. The molecular formula is C22H26N2O2. The number of carbonyl (C=O) groups is 2. The molecule has 1 aliphatic rings. The Balaban J connectivity index is 1.74. The van der Waals surface area contributed by atoms with E-state index in [1.807, 2.05) is 86.0 Å². The Bertz CT molecular complexity index is 726. The molecule has 1 heterocycles. The number of benzene rings is 2. The number of aryl methyl sites for hydroxylation is 2. The summed E-state index contributed by atoms with van der Waals surface area (Å²) in [6.45, 7) is 9.13. The Morgan fingerprint density at radius 1 is 0.692 bits per heavy atom. The SMILES string of the molecule is Cc1ccc(C(=O)N2CC(C)N(C(=O)c3ccc(C)cc3)CC2C)cc1. The van der Waals surface area contributed by atoms with Crippen molar-refractivity contribution in [3.63, 3.8) is 0 Å². The van der Waals surface area contributed by atoms with Crippen LogP contribution in [0.25, 0.3) is 0 Å². The maximum atomic E-state index is 12.9. The highest BCUT2D eigenvalue weighted by molar-refractivity contribution is 5.96. The van der Waals surface area contributed by atoms with E-state index in [1.54, 1.807) is 0 Å². The fourth-order valence-electron chi connectivity index (χ4n) is 3.42. The number of piperazine rings is 1. The Kier molecular flexibility index (Phi) is 5.12. The van der Waals surface area contributed by atoms with E-state index in [9.17, 15) is 9.59 Å². The van der Waals surface area contributed by atoms with Gasteiger partial charge in [-0.25, -0.2) is 0 Å². The highest BCUT2D eigenvalue weighted by Crippen LogP contribution is 2.21. The second-order valence-electron chi connectivity index (χ2n) is 7.35. The summed E-state index contributed by atoms with van der Waals surface area (Å²) >= 11 is 0. The Labute approximate surface area is 155 Å². The van der Waals surface area contributed by atoms with Crippen molar-refractivity contribution in [3.8, 4) is 0 Å². The number of hydrogen-bond donors (Lipinski definition) is 0. The first-order valence-electron chi connectivity index (χ1n) is 9.12.